The Morgan fingerprint density at radius 3 is 2.16 bits per heavy atom. The summed E-state index contributed by atoms with van der Waals surface area (Å²) in [7, 11) is 1.93. The number of rotatable bonds is 4. The molecule has 2 nitrogen and oxygen atoms in total. The van der Waals surface area contributed by atoms with Crippen LogP contribution in [-0.4, -0.2) is 13.1 Å². The van der Waals surface area contributed by atoms with Gasteiger partial charge in [0.2, 0.25) is 0 Å². The van der Waals surface area contributed by atoms with Gasteiger partial charge in [0.05, 0.1) is 6.07 Å². The van der Waals surface area contributed by atoms with Crippen molar-refractivity contribution in [2.45, 2.75) is 6.04 Å². The molecule has 0 saturated heterocycles. The zero-order chi connectivity index (χ0) is 13.5. The molecule has 0 fully saturated rings. The lowest BCUT2D eigenvalue weighted by Gasteiger charge is -2.22. The lowest BCUT2D eigenvalue weighted by Crippen LogP contribution is -2.28. The molecule has 0 aliphatic carbocycles. The van der Waals surface area contributed by atoms with Crippen LogP contribution >= 0.6 is 0 Å². The van der Waals surface area contributed by atoms with Crippen molar-refractivity contribution in [3.63, 3.8) is 0 Å². The topological polar surface area (TPSA) is 27.0 Å². The van der Waals surface area contributed by atoms with Crippen molar-refractivity contribution in [2.75, 3.05) is 11.9 Å². The molecule has 2 aromatic carbocycles. The Bertz CT molecular complexity index is 567. The number of para-hydroxylation sites is 1. The third kappa shape index (κ3) is 3.46. The van der Waals surface area contributed by atoms with E-state index in [2.05, 4.69) is 6.07 Å². The molecule has 0 aliphatic heterocycles. The van der Waals surface area contributed by atoms with Crippen molar-refractivity contribution in [1.29, 1.82) is 5.26 Å². The third-order valence-electron chi connectivity index (χ3n) is 2.98. The van der Waals surface area contributed by atoms with E-state index in [4.69, 9.17) is 0 Å². The lowest BCUT2D eigenvalue weighted by atomic mass is 10.1. The summed E-state index contributed by atoms with van der Waals surface area (Å²) in [5, 5.41) is 9.29. The first-order valence-electron chi connectivity index (χ1n) is 6.22. The fraction of sp³-hybridized carbons (Fsp3) is 0.118. The van der Waals surface area contributed by atoms with Crippen molar-refractivity contribution in [1.82, 2.24) is 0 Å². The van der Waals surface area contributed by atoms with Gasteiger partial charge in [-0.15, -0.1) is 0 Å². The highest BCUT2D eigenvalue weighted by Crippen LogP contribution is 2.15. The summed E-state index contributed by atoms with van der Waals surface area (Å²) in [4.78, 5) is 1.96. The highest BCUT2D eigenvalue weighted by Gasteiger charge is 2.10. The van der Waals surface area contributed by atoms with Crippen LogP contribution in [0.5, 0.6) is 0 Å². The minimum absolute atomic E-state index is 0.275. The fourth-order valence-electron chi connectivity index (χ4n) is 1.85. The van der Waals surface area contributed by atoms with Gasteiger partial charge >= 0.3 is 0 Å². The normalized spacial score (nSPS) is 12.0. The number of anilines is 1. The Morgan fingerprint density at radius 2 is 1.58 bits per heavy atom. The number of hydrogen-bond donors (Lipinski definition) is 0. The second-order valence-electron chi connectivity index (χ2n) is 4.29. The monoisotopic (exact) mass is 248 g/mol. The molecule has 0 heterocycles. The Hall–Kier alpha value is -2.53. The van der Waals surface area contributed by atoms with Gasteiger partial charge in [0.1, 0.15) is 6.04 Å². The minimum Gasteiger partial charge on any atom is -0.356 e. The predicted octanol–water partition coefficient (Wildman–Crippen LogP) is 3.73. The van der Waals surface area contributed by atoms with Crippen molar-refractivity contribution < 1.29 is 0 Å². The van der Waals surface area contributed by atoms with Gasteiger partial charge in [-0.3, -0.25) is 0 Å². The van der Waals surface area contributed by atoms with Crippen molar-refractivity contribution >= 4 is 11.8 Å². The first-order chi connectivity index (χ1) is 9.31. The molecular formula is C17H16N2. The van der Waals surface area contributed by atoms with Gasteiger partial charge in [-0.2, -0.15) is 5.26 Å². The molecule has 2 heteroatoms. The summed E-state index contributed by atoms with van der Waals surface area (Å²) < 4.78 is 0. The van der Waals surface area contributed by atoms with E-state index in [1.807, 2.05) is 84.8 Å². The molecule has 2 aromatic rings. The second kappa shape index (κ2) is 6.42. The maximum Gasteiger partial charge on any atom is 0.135 e. The first-order valence-corrected chi connectivity index (χ1v) is 6.22. The van der Waals surface area contributed by atoms with Crippen LogP contribution in [0.4, 0.5) is 5.69 Å². The molecule has 0 saturated carbocycles. The summed E-state index contributed by atoms with van der Waals surface area (Å²) in [5.74, 6) is 0. The molecule has 2 rings (SSSR count). The largest absolute Gasteiger partial charge is 0.356 e. The summed E-state index contributed by atoms with van der Waals surface area (Å²) in [5.41, 5.74) is 2.14. The molecule has 0 N–H and O–H groups in total. The third-order valence-corrected chi connectivity index (χ3v) is 2.98. The fourth-order valence-corrected chi connectivity index (χ4v) is 1.85. The number of nitrogens with zero attached hydrogens (tertiary/aromatic N) is 2. The molecule has 94 valence electrons. The summed E-state index contributed by atoms with van der Waals surface area (Å²) in [6.07, 6.45) is 3.90. The van der Waals surface area contributed by atoms with E-state index < -0.39 is 0 Å². The van der Waals surface area contributed by atoms with E-state index in [0.29, 0.717) is 0 Å². The number of hydrogen-bond acceptors (Lipinski definition) is 2. The molecule has 0 amide bonds. The van der Waals surface area contributed by atoms with Crippen LogP contribution in [0.15, 0.2) is 66.7 Å². The smallest absolute Gasteiger partial charge is 0.135 e. The van der Waals surface area contributed by atoms with Crippen molar-refractivity contribution in [2.24, 2.45) is 0 Å². The molecule has 0 aromatic heterocycles. The predicted molar refractivity (Wildman–Crippen MR) is 79.7 cm³/mol. The minimum atomic E-state index is -0.275. The second-order valence-corrected chi connectivity index (χ2v) is 4.29. The summed E-state index contributed by atoms with van der Waals surface area (Å²) in [6.45, 7) is 0. The Balaban J connectivity index is 2.13. The van der Waals surface area contributed by atoms with E-state index in [1.54, 1.807) is 0 Å². The molecule has 19 heavy (non-hydrogen) atoms. The lowest BCUT2D eigenvalue weighted by molar-refractivity contribution is 0.907. The van der Waals surface area contributed by atoms with Crippen LogP contribution in [0.1, 0.15) is 5.56 Å². The maximum atomic E-state index is 9.29. The van der Waals surface area contributed by atoms with Gasteiger partial charge in [0, 0.05) is 12.7 Å². The van der Waals surface area contributed by atoms with Gasteiger partial charge in [-0.25, -0.2) is 0 Å². The van der Waals surface area contributed by atoms with Crippen LogP contribution in [0, 0.1) is 11.3 Å². The summed E-state index contributed by atoms with van der Waals surface area (Å²) in [6, 6.07) is 22.0. The molecule has 1 unspecified atom stereocenters. The van der Waals surface area contributed by atoms with Crippen LogP contribution < -0.4 is 4.90 Å². The number of likely N-dealkylation sites (N-methyl/N-ethyl adjacent to an activating group) is 1. The summed E-state index contributed by atoms with van der Waals surface area (Å²) >= 11 is 0. The zero-order valence-electron chi connectivity index (χ0n) is 10.9. The SMILES string of the molecule is CN(c1ccccc1)C(C#N)/C=C/c1ccccc1. The van der Waals surface area contributed by atoms with Crippen LogP contribution in [-0.2, 0) is 0 Å². The van der Waals surface area contributed by atoms with E-state index in [-0.39, 0.29) is 6.04 Å². The van der Waals surface area contributed by atoms with E-state index in [1.165, 1.54) is 0 Å². The average Bonchev–Trinajstić information content (AvgIpc) is 2.49. The maximum absolute atomic E-state index is 9.29. The van der Waals surface area contributed by atoms with Gasteiger partial charge in [-0.05, 0) is 23.8 Å². The van der Waals surface area contributed by atoms with Gasteiger partial charge in [-0.1, -0.05) is 54.6 Å². The van der Waals surface area contributed by atoms with Crippen LogP contribution in [0.2, 0.25) is 0 Å². The Kier molecular flexibility index (Phi) is 4.36. The first kappa shape index (κ1) is 12.9. The molecule has 0 radical (unpaired) electrons. The van der Waals surface area contributed by atoms with Gasteiger partial charge in [0.25, 0.3) is 0 Å². The van der Waals surface area contributed by atoms with E-state index >= 15 is 0 Å². The number of nitriles is 1. The molecule has 0 spiro atoms. The zero-order valence-corrected chi connectivity index (χ0v) is 10.9. The van der Waals surface area contributed by atoms with E-state index in [9.17, 15) is 5.26 Å². The van der Waals surface area contributed by atoms with Crippen molar-refractivity contribution in [3.05, 3.63) is 72.3 Å². The molecule has 0 bridgehead atoms. The van der Waals surface area contributed by atoms with Crippen molar-refractivity contribution in [3.8, 4) is 6.07 Å². The highest BCUT2D eigenvalue weighted by atomic mass is 15.1. The molecule has 0 aliphatic rings. The standard InChI is InChI=1S/C17H16N2/c1-19(16-10-6-3-7-11-16)17(14-18)13-12-15-8-4-2-5-9-15/h2-13,17H,1H3/b13-12+. The molecule has 1 atom stereocenters. The van der Waals surface area contributed by atoms with Gasteiger partial charge < -0.3 is 4.90 Å². The van der Waals surface area contributed by atoms with Gasteiger partial charge in [0.15, 0.2) is 0 Å². The van der Waals surface area contributed by atoms with E-state index in [0.717, 1.165) is 11.3 Å². The van der Waals surface area contributed by atoms with Crippen LogP contribution in [0.3, 0.4) is 0 Å². The Labute approximate surface area is 114 Å². The Morgan fingerprint density at radius 1 is 1.00 bits per heavy atom. The average molecular weight is 248 g/mol. The molecular weight excluding hydrogens is 232 g/mol. The number of benzene rings is 2. The van der Waals surface area contributed by atoms with Crippen LogP contribution in [0.25, 0.3) is 6.08 Å². The highest BCUT2D eigenvalue weighted by molar-refractivity contribution is 5.55. The quantitative estimate of drug-likeness (QED) is 0.824.